The Morgan fingerprint density at radius 3 is 2.10 bits per heavy atom. The van der Waals surface area contributed by atoms with Gasteiger partial charge in [0.2, 0.25) is 0 Å². The first kappa shape index (κ1) is 21.7. The first-order valence-electron chi connectivity index (χ1n) is 9.26. The van der Waals surface area contributed by atoms with Gasteiger partial charge in [0.05, 0.1) is 12.3 Å². The monoisotopic (exact) mass is 392 g/mol. The number of carboxylic acids is 1. The maximum Gasteiger partial charge on any atom is 0.314 e. The predicted octanol–water partition coefficient (Wildman–Crippen LogP) is 3.97. The molecule has 150 valence electrons. The van der Waals surface area contributed by atoms with E-state index in [1.807, 2.05) is 32.0 Å². The van der Waals surface area contributed by atoms with Gasteiger partial charge in [-0.05, 0) is 48.2 Å². The van der Waals surface area contributed by atoms with E-state index in [0.717, 1.165) is 11.1 Å². The van der Waals surface area contributed by atoms with E-state index in [1.54, 1.807) is 37.3 Å². The number of amides is 2. The molecule has 0 heterocycles. The van der Waals surface area contributed by atoms with Gasteiger partial charge in [-0.2, -0.15) is 0 Å². The van der Waals surface area contributed by atoms with Gasteiger partial charge >= 0.3 is 17.8 Å². The minimum absolute atomic E-state index is 0.107. The van der Waals surface area contributed by atoms with Crippen LogP contribution in [0.4, 0.5) is 11.4 Å². The topological polar surface area (TPSA) is 95.5 Å². The fourth-order valence-corrected chi connectivity index (χ4v) is 2.75. The van der Waals surface area contributed by atoms with Gasteiger partial charge in [0, 0.05) is 11.4 Å². The number of rotatable bonds is 6. The fraction of sp³-hybridized carbons (Fsp3) is 0.261. The maximum absolute atomic E-state index is 12.2. The van der Waals surface area contributed by atoms with Gasteiger partial charge < -0.3 is 15.7 Å². The van der Waals surface area contributed by atoms with Gasteiger partial charge in [-0.3, -0.25) is 14.4 Å². The molecular formula is C23H24N2O4. The van der Waals surface area contributed by atoms with Crippen molar-refractivity contribution in [1.82, 2.24) is 0 Å². The van der Waals surface area contributed by atoms with Gasteiger partial charge in [0.1, 0.15) is 0 Å². The fourth-order valence-electron chi connectivity index (χ4n) is 2.75. The lowest BCUT2D eigenvalue weighted by Gasteiger charge is -2.11. The third-order valence-electron chi connectivity index (χ3n) is 4.29. The molecule has 0 aliphatic rings. The van der Waals surface area contributed by atoms with Crippen LogP contribution in [-0.4, -0.2) is 22.9 Å². The summed E-state index contributed by atoms with van der Waals surface area (Å²) in [5, 5.41) is 14.1. The number of anilines is 2. The Morgan fingerprint density at radius 2 is 1.55 bits per heavy atom. The van der Waals surface area contributed by atoms with Crippen LogP contribution in [0, 0.1) is 11.8 Å². The highest BCUT2D eigenvalue weighted by Crippen LogP contribution is 2.22. The largest absolute Gasteiger partial charge is 0.481 e. The molecule has 2 rings (SSSR count). The standard InChI is InChI=1S/C23H24N2O4/c1-4-6-18(14-21(26)27)16-9-11-19(12-10-16)24-22(28)23(29)25-20-8-5-7-17(13-20)15(2)3/h5,7-13,15,18H,14H2,1-3H3,(H,24,28)(H,25,29)(H,26,27). The van der Waals surface area contributed by atoms with Crippen molar-refractivity contribution in [3.63, 3.8) is 0 Å². The first-order valence-corrected chi connectivity index (χ1v) is 9.26. The number of hydrogen-bond acceptors (Lipinski definition) is 3. The first-order chi connectivity index (χ1) is 13.8. The number of carbonyl (C=O) groups is 3. The van der Waals surface area contributed by atoms with E-state index in [-0.39, 0.29) is 6.42 Å². The summed E-state index contributed by atoms with van der Waals surface area (Å²) >= 11 is 0. The zero-order chi connectivity index (χ0) is 21.4. The highest BCUT2D eigenvalue weighted by atomic mass is 16.4. The molecule has 6 nitrogen and oxygen atoms in total. The van der Waals surface area contributed by atoms with Crippen molar-refractivity contribution in [1.29, 1.82) is 0 Å². The molecule has 29 heavy (non-hydrogen) atoms. The molecule has 1 atom stereocenters. The molecule has 0 bridgehead atoms. The normalized spacial score (nSPS) is 11.2. The second-order valence-corrected chi connectivity index (χ2v) is 6.86. The van der Waals surface area contributed by atoms with Crippen molar-refractivity contribution in [3.05, 3.63) is 59.7 Å². The van der Waals surface area contributed by atoms with E-state index in [2.05, 4.69) is 22.5 Å². The van der Waals surface area contributed by atoms with Crippen LogP contribution in [-0.2, 0) is 14.4 Å². The number of benzene rings is 2. The van der Waals surface area contributed by atoms with Crippen LogP contribution in [0.5, 0.6) is 0 Å². The van der Waals surface area contributed by atoms with Gasteiger partial charge in [0.25, 0.3) is 0 Å². The molecule has 0 aliphatic heterocycles. The Bertz CT molecular complexity index is 953. The smallest absolute Gasteiger partial charge is 0.314 e. The van der Waals surface area contributed by atoms with E-state index in [4.69, 9.17) is 5.11 Å². The summed E-state index contributed by atoms with van der Waals surface area (Å²) in [5.41, 5.74) is 2.78. The highest BCUT2D eigenvalue weighted by Gasteiger charge is 2.16. The van der Waals surface area contributed by atoms with Crippen LogP contribution in [0.2, 0.25) is 0 Å². The Balaban J connectivity index is 2.02. The molecule has 0 saturated heterocycles. The Labute approximate surface area is 170 Å². The van der Waals surface area contributed by atoms with Crippen LogP contribution >= 0.6 is 0 Å². The molecule has 6 heteroatoms. The number of aliphatic carboxylic acids is 1. The van der Waals surface area contributed by atoms with Crippen molar-refractivity contribution >= 4 is 29.2 Å². The molecule has 2 aromatic rings. The van der Waals surface area contributed by atoms with Crippen LogP contribution in [0.25, 0.3) is 0 Å². The van der Waals surface area contributed by atoms with Crippen molar-refractivity contribution in [2.24, 2.45) is 0 Å². The molecule has 0 saturated carbocycles. The van der Waals surface area contributed by atoms with Crippen molar-refractivity contribution < 1.29 is 19.5 Å². The molecule has 1 unspecified atom stereocenters. The lowest BCUT2D eigenvalue weighted by atomic mass is 9.96. The summed E-state index contributed by atoms with van der Waals surface area (Å²) in [6.45, 7) is 5.74. The number of carboxylic acid groups (broad SMARTS) is 1. The molecule has 0 aliphatic carbocycles. The second-order valence-electron chi connectivity index (χ2n) is 6.86. The van der Waals surface area contributed by atoms with Crippen molar-refractivity contribution in [2.45, 2.75) is 39.0 Å². The van der Waals surface area contributed by atoms with Crippen LogP contribution in [0.3, 0.4) is 0 Å². The Kier molecular flexibility index (Phi) is 7.55. The quantitative estimate of drug-likeness (QED) is 0.512. The summed E-state index contributed by atoms with van der Waals surface area (Å²) in [5.74, 6) is 2.98. The third kappa shape index (κ3) is 6.51. The third-order valence-corrected chi connectivity index (χ3v) is 4.29. The second kappa shape index (κ2) is 10.1. The molecule has 0 aromatic heterocycles. The number of carbonyl (C=O) groups excluding carboxylic acids is 2. The summed E-state index contributed by atoms with van der Waals surface area (Å²) in [6, 6.07) is 14.0. The van der Waals surface area contributed by atoms with Crippen molar-refractivity contribution in [2.75, 3.05) is 10.6 Å². The summed E-state index contributed by atoms with van der Waals surface area (Å²) < 4.78 is 0. The predicted molar refractivity (Wildman–Crippen MR) is 113 cm³/mol. The summed E-state index contributed by atoms with van der Waals surface area (Å²) in [7, 11) is 0. The summed E-state index contributed by atoms with van der Waals surface area (Å²) in [4.78, 5) is 35.3. The van der Waals surface area contributed by atoms with E-state index in [0.29, 0.717) is 17.3 Å². The maximum atomic E-state index is 12.2. The minimum atomic E-state index is -0.937. The molecule has 0 radical (unpaired) electrons. The van der Waals surface area contributed by atoms with Crippen LogP contribution in [0.1, 0.15) is 50.2 Å². The van der Waals surface area contributed by atoms with Gasteiger partial charge in [0.15, 0.2) is 0 Å². The zero-order valence-electron chi connectivity index (χ0n) is 16.7. The average Bonchev–Trinajstić information content (AvgIpc) is 2.68. The van der Waals surface area contributed by atoms with E-state index in [1.165, 1.54) is 0 Å². The highest BCUT2D eigenvalue weighted by molar-refractivity contribution is 6.43. The zero-order valence-corrected chi connectivity index (χ0v) is 16.7. The Hall–Kier alpha value is -3.59. The van der Waals surface area contributed by atoms with Gasteiger partial charge in [-0.1, -0.05) is 44.0 Å². The lowest BCUT2D eigenvalue weighted by molar-refractivity contribution is -0.137. The van der Waals surface area contributed by atoms with Crippen LogP contribution in [0.15, 0.2) is 48.5 Å². The van der Waals surface area contributed by atoms with E-state index < -0.39 is 23.7 Å². The van der Waals surface area contributed by atoms with Gasteiger partial charge in [-0.25, -0.2) is 0 Å². The Morgan fingerprint density at radius 1 is 0.931 bits per heavy atom. The minimum Gasteiger partial charge on any atom is -0.481 e. The molecular weight excluding hydrogens is 368 g/mol. The van der Waals surface area contributed by atoms with Crippen molar-refractivity contribution in [3.8, 4) is 11.8 Å². The molecule has 2 amide bonds. The molecule has 0 spiro atoms. The SMILES string of the molecule is CC#CC(CC(=O)O)c1ccc(NC(=O)C(=O)Nc2cccc(C(C)C)c2)cc1. The van der Waals surface area contributed by atoms with E-state index in [9.17, 15) is 14.4 Å². The average molecular weight is 392 g/mol. The molecule has 3 N–H and O–H groups in total. The van der Waals surface area contributed by atoms with Gasteiger partial charge in [-0.15, -0.1) is 5.92 Å². The summed E-state index contributed by atoms with van der Waals surface area (Å²) in [6.07, 6.45) is -0.107. The number of hydrogen-bond donors (Lipinski definition) is 3. The molecule has 2 aromatic carbocycles. The van der Waals surface area contributed by atoms with E-state index >= 15 is 0 Å². The molecule has 0 fully saturated rings. The van der Waals surface area contributed by atoms with Crippen LogP contribution < -0.4 is 10.6 Å². The number of nitrogens with one attached hydrogen (secondary N) is 2. The lowest BCUT2D eigenvalue weighted by Crippen LogP contribution is -2.29.